The average molecular weight is 503 g/mol. The van der Waals surface area contributed by atoms with Crippen LogP contribution in [0.2, 0.25) is 0 Å². The van der Waals surface area contributed by atoms with Gasteiger partial charge in [0.25, 0.3) is 0 Å². The zero-order chi connectivity index (χ0) is 25.8. The standard InChI is InChI=1S/C31H38N2O2S/c1-4-5-18-32-31(35)29(20-26-11-7-6-8-12-26)33(21-27-16-14-24(2)15-17-27)30(34)23-36-22-28-13-9-10-25(3)19-28/h6-17,19,29H,4-5,18,20-23H2,1-3H3,(H,32,35). The van der Waals surface area contributed by atoms with Gasteiger partial charge in [0.15, 0.2) is 0 Å². The fourth-order valence-electron chi connectivity index (χ4n) is 4.09. The van der Waals surface area contributed by atoms with Crippen LogP contribution in [-0.2, 0) is 28.3 Å². The van der Waals surface area contributed by atoms with Crippen molar-refractivity contribution in [1.82, 2.24) is 10.2 Å². The number of nitrogens with one attached hydrogen (secondary N) is 1. The molecule has 0 aliphatic heterocycles. The summed E-state index contributed by atoms with van der Waals surface area (Å²) in [7, 11) is 0. The summed E-state index contributed by atoms with van der Waals surface area (Å²) in [6.07, 6.45) is 2.41. The van der Waals surface area contributed by atoms with Gasteiger partial charge >= 0.3 is 0 Å². The first-order chi connectivity index (χ1) is 17.5. The molecule has 0 spiro atoms. The van der Waals surface area contributed by atoms with Crippen LogP contribution >= 0.6 is 11.8 Å². The van der Waals surface area contributed by atoms with Crippen LogP contribution < -0.4 is 5.32 Å². The third kappa shape index (κ3) is 8.87. The second-order valence-corrected chi connectivity index (χ2v) is 10.3. The molecule has 0 saturated heterocycles. The molecule has 1 N–H and O–H groups in total. The number of amides is 2. The van der Waals surface area contributed by atoms with Gasteiger partial charge in [-0.05, 0) is 37.0 Å². The monoisotopic (exact) mass is 502 g/mol. The van der Waals surface area contributed by atoms with Gasteiger partial charge in [0, 0.05) is 25.3 Å². The second-order valence-electron chi connectivity index (χ2n) is 9.34. The van der Waals surface area contributed by atoms with Gasteiger partial charge in [-0.25, -0.2) is 0 Å². The highest BCUT2D eigenvalue weighted by atomic mass is 32.2. The number of hydrogen-bond donors (Lipinski definition) is 1. The van der Waals surface area contributed by atoms with Crippen molar-refractivity contribution in [3.05, 3.63) is 107 Å². The van der Waals surface area contributed by atoms with E-state index in [4.69, 9.17) is 0 Å². The van der Waals surface area contributed by atoms with Crippen molar-refractivity contribution >= 4 is 23.6 Å². The zero-order valence-electron chi connectivity index (χ0n) is 21.7. The van der Waals surface area contributed by atoms with Gasteiger partial charge in [0.1, 0.15) is 6.04 Å². The zero-order valence-corrected chi connectivity index (χ0v) is 22.5. The van der Waals surface area contributed by atoms with Crippen LogP contribution in [0.5, 0.6) is 0 Å². The Kier molecular flexibility index (Phi) is 11.1. The average Bonchev–Trinajstić information content (AvgIpc) is 2.88. The Labute approximate surface area is 220 Å². The van der Waals surface area contributed by atoms with Crippen LogP contribution in [0.25, 0.3) is 0 Å². The molecular formula is C31H38N2O2S. The summed E-state index contributed by atoms with van der Waals surface area (Å²) in [4.78, 5) is 28.9. The number of rotatable bonds is 13. The molecule has 36 heavy (non-hydrogen) atoms. The van der Waals surface area contributed by atoms with E-state index in [9.17, 15) is 9.59 Å². The molecule has 1 unspecified atom stereocenters. The van der Waals surface area contributed by atoms with E-state index >= 15 is 0 Å². The molecule has 0 heterocycles. The van der Waals surface area contributed by atoms with Crippen LogP contribution in [0.4, 0.5) is 0 Å². The predicted octanol–water partition coefficient (Wildman–Crippen LogP) is 6.09. The first kappa shape index (κ1) is 27.5. The minimum absolute atomic E-state index is 0.0141. The maximum atomic E-state index is 13.7. The Morgan fingerprint density at radius 2 is 1.58 bits per heavy atom. The summed E-state index contributed by atoms with van der Waals surface area (Å²) in [5.74, 6) is 0.988. The molecule has 190 valence electrons. The maximum absolute atomic E-state index is 13.7. The third-order valence-corrected chi connectivity index (χ3v) is 7.14. The number of carbonyl (C=O) groups excluding carboxylic acids is 2. The lowest BCUT2D eigenvalue weighted by molar-refractivity contribution is -0.139. The van der Waals surface area contributed by atoms with Gasteiger partial charge in [0.2, 0.25) is 11.8 Å². The van der Waals surface area contributed by atoms with Crippen LogP contribution in [0, 0.1) is 13.8 Å². The van der Waals surface area contributed by atoms with Gasteiger partial charge in [-0.1, -0.05) is 103 Å². The number of benzene rings is 3. The van der Waals surface area contributed by atoms with Gasteiger partial charge in [-0.15, -0.1) is 11.8 Å². The molecule has 3 aromatic rings. The second kappa shape index (κ2) is 14.5. The Bertz CT molecular complexity index is 1100. The molecule has 0 aromatic heterocycles. The topological polar surface area (TPSA) is 49.4 Å². The SMILES string of the molecule is CCCCNC(=O)C(Cc1ccccc1)N(Cc1ccc(C)cc1)C(=O)CSCc1cccc(C)c1. The normalized spacial score (nSPS) is 11.6. The number of hydrogen-bond acceptors (Lipinski definition) is 3. The summed E-state index contributed by atoms with van der Waals surface area (Å²) >= 11 is 1.60. The lowest BCUT2D eigenvalue weighted by Gasteiger charge is -2.31. The maximum Gasteiger partial charge on any atom is 0.243 e. The van der Waals surface area contributed by atoms with Crippen molar-refractivity contribution in [2.24, 2.45) is 0 Å². The smallest absolute Gasteiger partial charge is 0.243 e. The molecule has 5 heteroatoms. The van der Waals surface area contributed by atoms with Crippen LogP contribution in [0.1, 0.15) is 47.6 Å². The Morgan fingerprint density at radius 3 is 2.28 bits per heavy atom. The molecule has 0 saturated carbocycles. The van der Waals surface area contributed by atoms with Crippen LogP contribution in [0.3, 0.4) is 0 Å². The molecule has 0 radical (unpaired) electrons. The number of carbonyl (C=O) groups is 2. The largest absolute Gasteiger partial charge is 0.354 e. The van der Waals surface area contributed by atoms with Crippen molar-refractivity contribution in [1.29, 1.82) is 0 Å². The van der Waals surface area contributed by atoms with Gasteiger partial charge in [0.05, 0.1) is 5.75 Å². The summed E-state index contributed by atoms with van der Waals surface area (Å²) in [6, 6.07) is 26.0. The van der Waals surface area contributed by atoms with Crippen molar-refractivity contribution in [2.45, 2.75) is 58.4 Å². The first-order valence-electron chi connectivity index (χ1n) is 12.8. The fourth-order valence-corrected chi connectivity index (χ4v) is 4.95. The minimum Gasteiger partial charge on any atom is -0.354 e. The molecule has 0 fully saturated rings. The Hall–Kier alpha value is -3.05. The highest BCUT2D eigenvalue weighted by molar-refractivity contribution is 7.99. The number of nitrogens with zero attached hydrogens (tertiary/aromatic N) is 1. The minimum atomic E-state index is -0.572. The highest BCUT2D eigenvalue weighted by Crippen LogP contribution is 2.19. The molecule has 3 aromatic carbocycles. The van der Waals surface area contributed by atoms with Gasteiger partial charge in [-0.2, -0.15) is 0 Å². The number of unbranched alkanes of at least 4 members (excludes halogenated alkanes) is 1. The van der Waals surface area contributed by atoms with Crippen LogP contribution in [-0.4, -0.2) is 35.1 Å². The van der Waals surface area contributed by atoms with Crippen molar-refractivity contribution in [3.8, 4) is 0 Å². The summed E-state index contributed by atoms with van der Waals surface area (Å²) in [6.45, 7) is 7.26. The first-order valence-corrected chi connectivity index (χ1v) is 13.9. The van der Waals surface area contributed by atoms with E-state index in [1.807, 2.05) is 55.5 Å². The summed E-state index contributed by atoms with van der Waals surface area (Å²) in [5.41, 5.74) is 5.66. The summed E-state index contributed by atoms with van der Waals surface area (Å²) in [5, 5.41) is 3.08. The number of thioether (sulfide) groups is 1. The third-order valence-electron chi connectivity index (χ3n) is 6.15. The lowest BCUT2D eigenvalue weighted by atomic mass is 10.0. The molecule has 0 aliphatic carbocycles. The molecule has 2 amide bonds. The molecule has 3 rings (SSSR count). The predicted molar refractivity (Wildman–Crippen MR) is 151 cm³/mol. The Balaban J connectivity index is 1.82. The van der Waals surface area contributed by atoms with E-state index in [-0.39, 0.29) is 11.8 Å². The van der Waals surface area contributed by atoms with Crippen molar-refractivity contribution < 1.29 is 9.59 Å². The quantitative estimate of drug-likeness (QED) is 0.288. The van der Waals surface area contributed by atoms with E-state index in [1.54, 1.807) is 16.7 Å². The van der Waals surface area contributed by atoms with Crippen LogP contribution in [0.15, 0.2) is 78.9 Å². The molecule has 0 bridgehead atoms. The Morgan fingerprint density at radius 1 is 0.861 bits per heavy atom. The molecule has 0 aliphatic rings. The van der Waals surface area contributed by atoms with E-state index in [0.29, 0.717) is 25.3 Å². The number of aryl methyl sites for hydroxylation is 2. The van der Waals surface area contributed by atoms with E-state index in [1.165, 1.54) is 16.7 Å². The van der Waals surface area contributed by atoms with Gasteiger partial charge < -0.3 is 10.2 Å². The van der Waals surface area contributed by atoms with Crippen molar-refractivity contribution in [3.63, 3.8) is 0 Å². The molecular weight excluding hydrogens is 464 g/mol. The van der Waals surface area contributed by atoms with E-state index in [0.717, 1.165) is 29.7 Å². The summed E-state index contributed by atoms with van der Waals surface area (Å²) < 4.78 is 0. The van der Waals surface area contributed by atoms with Gasteiger partial charge in [-0.3, -0.25) is 9.59 Å². The molecule has 4 nitrogen and oxygen atoms in total. The van der Waals surface area contributed by atoms with Crippen molar-refractivity contribution in [2.75, 3.05) is 12.3 Å². The fraction of sp³-hybridized carbons (Fsp3) is 0.355. The highest BCUT2D eigenvalue weighted by Gasteiger charge is 2.30. The van der Waals surface area contributed by atoms with E-state index < -0.39 is 6.04 Å². The lowest BCUT2D eigenvalue weighted by Crippen LogP contribution is -2.51. The van der Waals surface area contributed by atoms with E-state index in [2.05, 4.69) is 49.5 Å². The molecule has 1 atom stereocenters.